The number of hydrogen-bond acceptors (Lipinski definition) is 2. The van der Waals surface area contributed by atoms with Crippen molar-refractivity contribution in [2.45, 2.75) is 39.0 Å². The highest BCUT2D eigenvalue weighted by molar-refractivity contribution is 6.88. The largest absolute Gasteiger partial charge is 0.313 e. The third-order valence-corrected chi connectivity index (χ3v) is 5.42. The minimum absolute atomic E-state index is 0.994. The van der Waals surface area contributed by atoms with Crippen LogP contribution in [0.25, 0.3) is 0 Å². The average Bonchev–Trinajstić information content (AvgIpc) is 2.32. The third kappa shape index (κ3) is 6.90. The normalized spacial score (nSPS) is 12.1. The predicted octanol–water partition coefficient (Wildman–Crippen LogP) is 2.66. The van der Waals surface area contributed by atoms with Gasteiger partial charge in [0.05, 0.1) is 8.07 Å². The Morgan fingerprint density at radius 2 is 1.63 bits per heavy atom. The molecule has 1 aromatic carbocycles. The second-order valence-electron chi connectivity index (χ2n) is 6.63. The van der Waals surface area contributed by atoms with Crippen LogP contribution in [0.15, 0.2) is 24.3 Å². The fourth-order valence-corrected chi connectivity index (χ4v) is 3.20. The van der Waals surface area contributed by atoms with Gasteiger partial charge in [-0.1, -0.05) is 49.1 Å². The molecule has 108 valence electrons. The minimum Gasteiger partial charge on any atom is -0.313 e. The fourth-order valence-electron chi connectivity index (χ4n) is 2.03. The number of nitrogens with zero attached hydrogens (tertiary/aromatic N) is 1. The first-order valence-electron chi connectivity index (χ1n) is 7.34. The fraction of sp³-hybridized carbons (Fsp3) is 0.625. The number of hydrogen-bond donors (Lipinski definition) is 1. The maximum atomic E-state index is 3.53. The van der Waals surface area contributed by atoms with Crippen LogP contribution < -0.4 is 10.5 Å². The summed E-state index contributed by atoms with van der Waals surface area (Å²) in [7, 11) is 3.12. The van der Waals surface area contributed by atoms with E-state index in [0.29, 0.717) is 0 Å². The molecule has 0 aliphatic heterocycles. The first-order chi connectivity index (χ1) is 8.89. The van der Waals surface area contributed by atoms with Gasteiger partial charge in [-0.25, -0.2) is 0 Å². The number of benzene rings is 1. The third-order valence-electron chi connectivity index (χ3n) is 3.36. The Kier molecular flexibility index (Phi) is 6.76. The molecule has 0 saturated carbocycles. The Balaban J connectivity index is 2.23. The van der Waals surface area contributed by atoms with Gasteiger partial charge < -0.3 is 10.2 Å². The van der Waals surface area contributed by atoms with E-state index in [1.54, 1.807) is 5.19 Å². The molecule has 1 N–H and O–H groups in total. The van der Waals surface area contributed by atoms with Gasteiger partial charge in [0.1, 0.15) is 0 Å². The first-order valence-corrected chi connectivity index (χ1v) is 10.8. The monoisotopic (exact) mass is 278 g/mol. The topological polar surface area (TPSA) is 15.3 Å². The van der Waals surface area contributed by atoms with Crippen LogP contribution in [-0.4, -0.2) is 40.2 Å². The molecule has 0 saturated heterocycles. The molecular formula is C16H30N2Si. The number of rotatable bonds is 8. The van der Waals surface area contributed by atoms with Gasteiger partial charge in [0.2, 0.25) is 0 Å². The van der Waals surface area contributed by atoms with Crippen molar-refractivity contribution >= 4 is 13.3 Å². The summed E-state index contributed by atoms with van der Waals surface area (Å²) < 4.78 is 0. The first kappa shape index (κ1) is 16.4. The molecule has 0 heterocycles. The summed E-state index contributed by atoms with van der Waals surface area (Å²) in [5, 5.41) is 5.07. The molecule has 0 spiro atoms. The molecule has 0 aromatic heterocycles. The zero-order valence-corrected chi connectivity index (χ0v) is 14.3. The zero-order valence-electron chi connectivity index (χ0n) is 13.3. The molecule has 0 bridgehead atoms. The molecule has 0 amide bonds. The number of unbranched alkanes of at least 4 members (excludes halogenated alkanes) is 1. The summed E-state index contributed by atoms with van der Waals surface area (Å²) in [5.74, 6) is 0. The van der Waals surface area contributed by atoms with Gasteiger partial charge in [0, 0.05) is 6.54 Å². The van der Waals surface area contributed by atoms with E-state index in [1.807, 2.05) is 0 Å². The summed E-state index contributed by atoms with van der Waals surface area (Å²) in [6.07, 6.45) is 2.53. The van der Waals surface area contributed by atoms with Crippen molar-refractivity contribution in [3.05, 3.63) is 29.8 Å². The van der Waals surface area contributed by atoms with E-state index in [1.165, 1.54) is 24.9 Å². The van der Waals surface area contributed by atoms with Crippen LogP contribution in [0, 0.1) is 0 Å². The molecular weight excluding hydrogens is 248 g/mol. The smallest absolute Gasteiger partial charge is 0.0775 e. The lowest BCUT2D eigenvalue weighted by Crippen LogP contribution is -2.37. The molecule has 0 aliphatic carbocycles. The molecule has 1 aromatic rings. The Bertz CT molecular complexity index is 352. The van der Waals surface area contributed by atoms with Crippen molar-refractivity contribution < 1.29 is 0 Å². The summed E-state index contributed by atoms with van der Waals surface area (Å²) >= 11 is 0. The van der Waals surface area contributed by atoms with E-state index in [-0.39, 0.29) is 0 Å². The van der Waals surface area contributed by atoms with Crippen LogP contribution >= 0.6 is 0 Å². The van der Waals surface area contributed by atoms with E-state index in [9.17, 15) is 0 Å². The van der Waals surface area contributed by atoms with Crippen molar-refractivity contribution in [2.24, 2.45) is 0 Å². The molecule has 3 heteroatoms. The van der Waals surface area contributed by atoms with Gasteiger partial charge in [-0.2, -0.15) is 0 Å². The molecule has 1 rings (SSSR count). The van der Waals surface area contributed by atoms with Gasteiger partial charge in [-0.15, -0.1) is 0 Å². The van der Waals surface area contributed by atoms with E-state index in [2.05, 4.69) is 68.2 Å². The lowest BCUT2D eigenvalue weighted by Gasteiger charge is -2.16. The van der Waals surface area contributed by atoms with Crippen molar-refractivity contribution in [1.82, 2.24) is 10.2 Å². The minimum atomic E-state index is -1.14. The van der Waals surface area contributed by atoms with Crippen LogP contribution in [-0.2, 0) is 6.54 Å². The predicted molar refractivity (Wildman–Crippen MR) is 88.9 cm³/mol. The standard InChI is InChI=1S/C16H30N2Si/c1-18(2)13-7-6-12-17-14-15-8-10-16(11-9-15)19(3,4)5/h8-11,17H,6-7,12-14H2,1-5H3. The van der Waals surface area contributed by atoms with Gasteiger partial charge >= 0.3 is 0 Å². The highest BCUT2D eigenvalue weighted by Gasteiger charge is 2.15. The SMILES string of the molecule is CN(C)CCCCNCc1ccc([Si](C)(C)C)cc1. The highest BCUT2D eigenvalue weighted by atomic mass is 28.3. The quantitative estimate of drug-likeness (QED) is 0.581. The molecule has 0 atom stereocenters. The molecule has 2 nitrogen and oxygen atoms in total. The Morgan fingerprint density at radius 1 is 1.00 bits per heavy atom. The van der Waals surface area contributed by atoms with Gasteiger partial charge in [-0.3, -0.25) is 0 Å². The lowest BCUT2D eigenvalue weighted by molar-refractivity contribution is 0.391. The van der Waals surface area contributed by atoms with E-state index >= 15 is 0 Å². The average molecular weight is 279 g/mol. The van der Waals surface area contributed by atoms with Crippen LogP contribution in [0.4, 0.5) is 0 Å². The summed E-state index contributed by atoms with van der Waals surface area (Å²) in [6.45, 7) is 10.5. The lowest BCUT2D eigenvalue weighted by atomic mass is 10.2. The van der Waals surface area contributed by atoms with Crippen LogP contribution in [0.1, 0.15) is 18.4 Å². The molecule has 0 aliphatic rings. The zero-order chi connectivity index (χ0) is 14.3. The second-order valence-corrected chi connectivity index (χ2v) is 11.7. The summed E-state index contributed by atoms with van der Waals surface area (Å²) in [5.41, 5.74) is 1.40. The maximum Gasteiger partial charge on any atom is 0.0775 e. The Morgan fingerprint density at radius 3 is 2.16 bits per heavy atom. The second kappa shape index (κ2) is 7.83. The van der Waals surface area contributed by atoms with E-state index in [0.717, 1.165) is 13.1 Å². The van der Waals surface area contributed by atoms with Gasteiger partial charge in [0.25, 0.3) is 0 Å². The van der Waals surface area contributed by atoms with E-state index < -0.39 is 8.07 Å². The molecule has 0 unspecified atom stereocenters. The van der Waals surface area contributed by atoms with Crippen LogP contribution in [0.5, 0.6) is 0 Å². The summed E-state index contributed by atoms with van der Waals surface area (Å²) in [6, 6.07) is 9.19. The van der Waals surface area contributed by atoms with Crippen molar-refractivity contribution in [3.8, 4) is 0 Å². The Labute approximate surface area is 120 Å². The Hall–Kier alpha value is -0.643. The molecule has 0 radical (unpaired) electrons. The van der Waals surface area contributed by atoms with Gasteiger partial charge in [-0.05, 0) is 45.6 Å². The molecule has 0 fully saturated rings. The van der Waals surface area contributed by atoms with Crippen molar-refractivity contribution in [3.63, 3.8) is 0 Å². The van der Waals surface area contributed by atoms with Crippen LogP contribution in [0.3, 0.4) is 0 Å². The molecule has 19 heavy (non-hydrogen) atoms. The highest BCUT2D eigenvalue weighted by Crippen LogP contribution is 2.04. The maximum absolute atomic E-state index is 3.53. The summed E-state index contributed by atoms with van der Waals surface area (Å²) in [4.78, 5) is 2.25. The van der Waals surface area contributed by atoms with Crippen LogP contribution in [0.2, 0.25) is 19.6 Å². The van der Waals surface area contributed by atoms with Crippen molar-refractivity contribution in [2.75, 3.05) is 27.2 Å². The number of nitrogens with one attached hydrogen (secondary N) is 1. The van der Waals surface area contributed by atoms with Crippen molar-refractivity contribution in [1.29, 1.82) is 0 Å². The van der Waals surface area contributed by atoms with E-state index in [4.69, 9.17) is 0 Å². The van der Waals surface area contributed by atoms with Gasteiger partial charge in [0.15, 0.2) is 0 Å².